The predicted molar refractivity (Wildman–Crippen MR) is 63.1 cm³/mol. The zero-order valence-electron chi connectivity index (χ0n) is 9.94. The fourth-order valence-electron chi connectivity index (χ4n) is 1.71. The summed E-state index contributed by atoms with van der Waals surface area (Å²) in [5.74, 6) is -1.80. The Morgan fingerprint density at radius 2 is 2.05 bits per heavy atom. The standard InChI is InChI=1S/C11H7ClF3N3O2/c1-5-4-6(12)2-3-7(5)18-9(11(13,14)15)8(10(19)20)16-17-18/h2-4H,1H3,(H,19,20). The van der Waals surface area contributed by atoms with E-state index in [4.69, 9.17) is 16.7 Å². The number of aromatic carboxylic acids is 1. The molecule has 0 saturated carbocycles. The molecule has 0 saturated heterocycles. The maximum atomic E-state index is 13.0. The molecule has 0 atom stereocenters. The summed E-state index contributed by atoms with van der Waals surface area (Å²) in [7, 11) is 0. The molecule has 5 nitrogen and oxygen atoms in total. The summed E-state index contributed by atoms with van der Waals surface area (Å²) < 4.78 is 39.5. The normalized spacial score (nSPS) is 11.7. The number of carbonyl (C=O) groups is 1. The first-order valence-corrected chi connectivity index (χ1v) is 5.62. The van der Waals surface area contributed by atoms with Gasteiger partial charge < -0.3 is 5.11 Å². The number of aryl methyl sites for hydroxylation is 1. The second-order valence-electron chi connectivity index (χ2n) is 3.93. The molecule has 9 heteroatoms. The first-order chi connectivity index (χ1) is 9.21. The molecule has 2 rings (SSSR count). The summed E-state index contributed by atoms with van der Waals surface area (Å²) in [6.45, 7) is 1.53. The molecule has 2 aromatic rings. The third-order valence-corrected chi connectivity index (χ3v) is 2.76. The van der Waals surface area contributed by atoms with Crippen molar-refractivity contribution in [3.05, 3.63) is 40.2 Å². The maximum Gasteiger partial charge on any atom is 0.436 e. The van der Waals surface area contributed by atoms with Crippen LogP contribution in [0, 0.1) is 6.92 Å². The van der Waals surface area contributed by atoms with Gasteiger partial charge in [-0.2, -0.15) is 13.2 Å². The highest BCUT2D eigenvalue weighted by Crippen LogP contribution is 2.33. The summed E-state index contributed by atoms with van der Waals surface area (Å²) in [5.41, 5.74) is -2.12. The lowest BCUT2D eigenvalue weighted by Gasteiger charge is -2.12. The lowest BCUT2D eigenvalue weighted by Crippen LogP contribution is -2.18. The van der Waals surface area contributed by atoms with Gasteiger partial charge in [-0.1, -0.05) is 16.8 Å². The number of carboxylic acid groups (broad SMARTS) is 1. The van der Waals surface area contributed by atoms with Gasteiger partial charge in [0.15, 0.2) is 5.69 Å². The van der Waals surface area contributed by atoms with E-state index in [0.717, 1.165) is 0 Å². The van der Waals surface area contributed by atoms with Crippen LogP contribution in [0.4, 0.5) is 13.2 Å². The third kappa shape index (κ3) is 2.46. The molecule has 1 N–H and O–H groups in total. The second kappa shape index (κ2) is 4.78. The van der Waals surface area contributed by atoms with Gasteiger partial charge in [-0.3, -0.25) is 0 Å². The molecule has 0 aliphatic rings. The molecule has 20 heavy (non-hydrogen) atoms. The second-order valence-corrected chi connectivity index (χ2v) is 4.37. The maximum absolute atomic E-state index is 13.0. The smallest absolute Gasteiger partial charge is 0.436 e. The van der Waals surface area contributed by atoms with Crippen LogP contribution in [0.1, 0.15) is 21.7 Å². The van der Waals surface area contributed by atoms with E-state index in [0.29, 0.717) is 15.3 Å². The van der Waals surface area contributed by atoms with Crippen molar-refractivity contribution in [3.63, 3.8) is 0 Å². The molecule has 0 aliphatic heterocycles. The lowest BCUT2D eigenvalue weighted by molar-refractivity contribution is -0.143. The molecule has 0 bridgehead atoms. The Morgan fingerprint density at radius 3 is 2.55 bits per heavy atom. The third-order valence-electron chi connectivity index (χ3n) is 2.53. The molecule has 1 aromatic carbocycles. The van der Waals surface area contributed by atoms with Crippen LogP contribution in [0.5, 0.6) is 0 Å². The lowest BCUT2D eigenvalue weighted by atomic mass is 10.2. The SMILES string of the molecule is Cc1cc(Cl)ccc1-n1nnc(C(=O)O)c1C(F)(F)F. The van der Waals surface area contributed by atoms with Gasteiger partial charge in [-0.15, -0.1) is 5.10 Å². The van der Waals surface area contributed by atoms with Gasteiger partial charge >= 0.3 is 12.1 Å². The minimum atomic E-state index is -4.90. The first-order valence-electron chi connectivity index (χ1n) is 5.24. The summed E-state index contributed by atoms with van der Waals surface area (Å²) in [4.78, 5) is 10.8. The van der Waals surface area contributed by atoms with Crippen molar-refractivity contribution in [1.82, 2.24) is 15.0 Å². The number of nitrogens with zero attached hydrogens (tertiary/aromatic N) is 3. The molecule has 0 aliphatic carbocycles. The minimum Gasteiger partial charge on any atom is -0.476 e. The van der Waals surface area contributed by atoms with Crippen molar-refractivity contribution in [3.8, 4) is 5.69 Å². The Bertz CT molecular complexity index is 682. The largest absolute Gasteiger partial charge is 0.476 e. The molecular weight excluding hydrogens is 299 g/mol. The number of hydrogen-bond acceptors (Lipinski definition) is 3. The van der Waals surface area contributed by atoms with Gasteiger partial charge in [0.1, 0.15) is 0 Å². The quantitative estimate of drug-likeness (QED) is 0.926. The zero-order chi connectivity index (χ0) is 15.1. The Balaban J connectivity index is 2.72. The molecule has 1 aromatic heterocycles. The molecule has 1 heterocycles. The average molecular weight is 306 g/mol. The van der Waals surface area contributed by atoms with Crippen LogP contribution in [0.3, 0.4) is 0 Å². The van der Waals surface area contributed by atoms with Crippen LogP contribution in [-0.2, 0) is 6.18 Å². The zero-order valence-corrected chi connectivity index (χ0v) is 10.7. The summed E-state index contributed by atoms with van der Waals surface area (Å²) in [6, 6.07) is 4.14. The number of aromatic nitrogens is 3. The van der Waals surface area contributed by atoms with Gasteiger partial charge in [-0.25, -0.2) is 9.48 Å². The van der Waals surface area contributed by atoms with Crippen LogP contribution in [0.15, 0.2) is 18.2 Å². The number of hydrogen-bond donors (Lipinski definition) is 1. The van der Waals surface area contributed by atoms with E-state index in [9.17, 15) is 18.0 Å². The van der Waals surface area contributed by atoms with Crippen LogP contribution in [0.2, 0.25) is 5.02 Å². The van der Waals surface area contributed by atoms with E-state index >= 15 is 0 Å². The molecule has 0 radical (unpaired) electrons. The number of carboxylic acids is 1. The average Bonchev–Trinajstić information content (AvgIpc) is 2.73. The van der Waals surface area contributed by atoms with Crippen molar-refractivity contribution < 1.29 is 23.1 Å². The minimum absolute atomic E-state index is 0.0572. The molecule has 0 spiro atoms. The summed E-state index contributed by atoms with van der Waals surface area (Å²) in [5, 5.41) is 15.5. The fourth-order valence-corrected chi connectivity index (χ4v) is 1.93. The number of halogens is 4. The van der Waals surface area contributed by atoms with Gasteiger partial charge in [0, 0.05) is 5.02 Å². The molecule has 0 amide bonds. The molecular formula is C11H7ClF3N3O2. The van der Waals surface area contributed by atoms with Gasteiger partial charge in [0.25, 0.3) is 0 Å². The van der Waals surface area contributed by atoms with E-state index in [1.807, 2.05) is 0 Å². The molecule has 0 unspecified atom stereocenters. The van der Waals surface area contributed by atoms with Gasteiger partial charge in [0.05, 0.1) is 5.69 Å². The van der Waals surface area contributed by atoms with Crippen molar-refractivity contribution >= 4 is 17.6 Å². The highest BCUT2D eigenvalue weighted by Gasteiger charge is 2.42. The number of benzene rings is 1. The van der Waals surface area contributed by atoms with Gasteiger partial charge in [-0.05, 0) is 30.7 Å². The Kier molecular flexibility index (Phi) is 3.43. The van der Waals surface area contributed by atoms with E-state index < -0.39 is 23.5 Å². The fraction of sp³-hybridized carbons (Fsp3) is 0.182. The van der Waals surface area contributed by atoms with E-state index in [-0.39, 0.29) is 5.69 Å². The predicted octanol–water partition coefficient (Wildman–Crippen LogP) is 2.95. The Hall–Kier alpha value is -2.09. The van der Waals surface area contributed by atoms with Crippen molar-refractivity contribution in [2.45, 2.75) is 13.1 Å². The van der Waals surface area contributed by atoms with E-state index in [2.05, 4.69) is 10.3 Å². The Labute approximate surface area is 115 Å². The topological polar surface area (TPSA) is 68.0 Å². The molecule has 106 valence electrons. The Morgan fingerprint density at radius 1 is 1.40 bits per heavy atom. The van der Waals surface area contributed by atoms with Crippen LogP contribution < -0.4 is 0 Å². The highest BCUT2D eigenvalue weighted by molar-refractivity contribution is 6.30. The van der Waals surface area contributed by atoms with E-state index in [1.54, 1.807) is 0 Å². The van der Waals surface area contributed by atoms with Crippen molar-refractivity contribution in [2.75, 3.05) is 0 Å². The van der Waals surface area contributed by atoms with Crippen LogP contribution in [0.25, 0.3) is 5.69 Å². The van der Waals surface area contributed by atoms with Crippen LogP contribution in [-0.4, -0.2) is 26.1 Å². The van der Waals surface area contributed by atoms with Gasteiger partial charge in [0.2, 0.25) is 5.69 Å². The van der Waals surface area contributed by atoms with Crippen molar-refractivity contribution in [2.24, 2.45) is 0 Å². The highest BCUT2D eigenvalue weighted by atomic mass is 35.5. The first kappa shape index (κ1) is 14.3. The van der Waals surface area contributed by atoms with Crippen molar-refractivity contribution in [1.29, 1.82) is 0 Å². The van der Waals surface area contributed by atoms with E-state index in [1.165, 1.54) is 25.1 Å². The summed E-state index contributed by atoms with van der Waals surface area (Å²) >= 11 is 5.73. The number of rotatable bonds is 2. The monoisotopic (exact) mass is 305 g/mol. The number of alkyl halides is 3. The molecule has 0 fully saturated rings. The summed E-state index contributed by atoms with van der Waals surface area (Å²) in [6.07, 6.45) is -4.90. The van der Waals surface area contributed by atoms with Crippen LogP contribution >= 0.6 is 11.6 Å².